The third-order valence-electron chi connectivity index (χ3n) is 3.08. The number of aryl methyl sites for hydroxylation is 1. The van der Waals surface area contributed by atoms with Gasteiger partial charge >= 0.3 is 0 Å². The number of hydrogen-bond acceptors (Lipinski definition) is 3. The van der Waals surface area contributed by atoms with E-state index in [1.807, 2.05) is 18.8 Å². The van der Waals surface area contributed by atoms with Crippen molar-refractivity contribution in [1.29, 1.82) is 0 Å². The van der Waals surface area contributed by atoms with Gasteiger partial charge in [-0.3, -0.25) is 0 Å². The summed E-state index contributed by atoms with van der Waals surface area (Å²) in [5.74, 6) is 0. The smallest absolute Gasteiger partial charge is 0.0481 e. The zero-order valence-electron chi connectivity index (χ0n) is 10.2. The molecule has 2 nitrogen and oxygen atoms in total. The molecular weight excluding hydrogens is 216 g/mol. The minimum absolute atomic E-state index is 0.525. The molecule has 1 heterocycles. The lowest BCUT2D eigenvalue weighted by atomic mass is 10.1. The SMILES string of the molecule is CCc1ccc2c(c1)SC(CNC)C(C)N2. The van der Waals surface area contributed by atoms with Crippen LogP contribution in [0.1, 0.15) is 19.4 Å². The predicted octanol–water partition coefficient (Wildman–Crippen LogP) is 2.74. The highest BCUT2D eigenvalue weighted by atomic mass is 32.2. The first-order chi connectivity index (χ1) is 7.74. The zero-order valence-corrected chi connectivity index (χ0v) is 11.0. The Kier molecular flexibility index (Phi) is 3.77. The molecule has 0 fully saturated rings. The predicted molar refractivity (Wildman–Crippen MR) is 72.5 cm³/mol. The molecule has 0 spiro atoms. The molecule has 1 aliphatic rings. The molecule has 16 heavy (non-hydrogen) atoms. The van der Waals surface area contributed by atoms with E-state index in [-0.39, 0.29) is 0 Å². The first-order valence-corrected chi connectivity index (χ1v) is 6.83. The number of fused-ring (bicyclic) bond motifs is 1. The fourth-order valence-electron chi connectivity index (χ4n) is 2.03. The van der Waals surface area contributed by atoms with E-state index in [9.17, 15) is 0 Å². The van der Waals surface area contributed by atoms with Crippen molar-refractivity contribution >= 4 is 17.4 Å². The summed E-state index contributed by atoms with van der Waals surface area (Å²) in [6.07, 6.45) is 1.11. The lowest BCUT2D eigenvalue weighted by Gasteiger charge is -2.32. The van der Waals surface area contributed by atoms with Gasteiger partial charge in [0.25, 0.3) is 0 Å². The van der Waals surface area contributed by atoms with E-state index >= 15 is 0 Å². The Bertz CT molecular complexity index is 365. The van der Waals surface area contributed by atoms with Crippen LogP contribution in [0, 0.1) is 0 Å². The van der Waals surface area contributed by atoms with Gasteiger partial charge in [-0.15, -0.1) is 11.8 Å². The largest absolute Gasteiger partial charge is 0.381 e. The normalized spacial score (nSPS) is 23.7. The van der Waals surface area contributed by atoms with Crippen LogP contribution in [0.25, 0.3) is 0 Å². The summed E-state index contributed by atoms with van der Waals surface area (Å²) in [7, 11) is 2.02. The Balaban J connectivity index is 2.22. The first kappa shape index (κ1) is 11.8. The van der Waals surface area contributed by atoms with Crippen molar-refractivity contribution in [3.05, 3.63) is 23.8 Å². The average Bonchev–Trinajstić information content (AvgIpc) is 2.30. The maximum atomic E-state index is 3.59. The van der Waals surface area contributed by atoms with Crippen molar-refractivity contribution in [2.45, 2.75) is 36.5 Å². The summed E-state index contributed by atoms with van der Waals surface area (Å²) >= 11 is 1.99. The number of nitrogens with one attached hydrogen (secondary N) is 2. The van der Waals surface area contributed by atoms with Gasteiger partial charge in [0.15, 0.2) is 0 Å². The Morgan fingerprint density at radius 1 is 1.44 bits per heavy atom. The summed E-state index contributed by atoms with van der Waals surface area (Å²) in [6, 6.07) is 7.28. The summed E-state index contributed by atoms with van der Waals surface area (Å²) in [5, 5.41) is 7.47. The summed E-state index contributed by atoms with van der Waals surface area (Å²) in [6.45, 7) is 5.51. The monoisotopic (exact) mass is 236 g/mol. The molecule has 0 bridgehead atoms. The first-order valence-electron chi connectivity index (χ1n) is 5.95. The second-order valence-corrected chi connectivity index (χ2v) is 5.61. The fraction of sp³-hybridized carbons (Fsp3) is 0.538. The van der Waals surface area contributed by atoms with Gasteiger partial charge in [-0.05, 0) is 38.1 Å². The van der Waals surface area contributed by atoms with Gasteiger partial charge in [0.2, 0.25) is 0 Å². The molecule has 0 radical (unpaired) electrons. The van der Waals surface area contributed by atoms with Crippen LogP contribution in [0.3, 0.4) is 0 Å². The molecule has 2 atom stereocenters. The highest BCUT2D eigenvalue weighted by Crippen LogP contribution is 2.38. The van der Waals surface area contributed by atoms with Crippen molar-refractivity contribution in [3.8, 4) is 0 Å². The van der Waals surface area contributed by atoms with E-state index < -0.39 is 0 Å². The molecule has 1 aromatic rings. The van der Waals surface area contributed by atoms with Gasteiger partial charge in [-0.1, -0.05) is 13.0 Å². The number of thioether (sulfide) groups is 1. The fourth-order valence-corrected chi connectivity index (χ4v) is 3.35. The molecule has 0 aliphatic carbocycles. The molecule has 3 heteroatoms. The third-order valence-corrected chi connectivity index (χ3v) is 4.55. The van der Waals surface area contributed by atoms with Crippen molar-refractivity contribution in [2.75, 3.05) is 18.9 Å². The molecule has 0 saturated heterocycles. The molecule has 2 N–H and O–H groups in total. The second-order valence-electron chi connectivity index (χ2n) is 4.33. The second kappa shape index (κ2) is 5.11. The van der Waals surface area contributed by atoms with Gasteiger partial charge in [-0.2, -0.15) is 0 Å². The van der Waals surface area contributed by atoms with E-state index in [0.29, 0.717) is 11.3 Å². The van der Waals surface area contributed by atoms with Crippen molar-refractivity contribution in [3.63, 3.8) is 0 Å². The summed E-state index contributed by atoms with van der Waals surface area (Å²) in [4.78, 5) is 1.40. The molecule has 88 valence electrons. The Morgan fingerprint density at radius 3 is 2.94 bits per heavy atom. The zero-order chi connectivity index (χ0) is 11.5. The molecule has 2 rings (SSSR count). The minimum atomic E-state index is 0.525. The van der Waals surface area contributed by atoms with Crippen LogP contribution >= 0.6 is 11.8 Å². The van der Waals surface area contributed by atoms with E-state index in [0.717, 1.165) is 13.0 Å². The van der Waals surface area contributed by atoms with Crippen LogP contribution in [-0.2, 0) is 6.42 Å². The maximum absolute atomic E-state index is 3.59. The number of rotatable bonds is 3. The summed E-state index contributed by atoms with van der Waals surface area (Å²) in [5.41, 5.74) is 2.72. The molecule has 1 aliphatic heterocycles. The van der Waals surface area contributed by atoms with E-state index in [1.54, 1.807) is 0 Å². The maximum Gasteiger partial charge on any atom is 0.0481 e. The van der Waals surface area contributed by atoms with Crippen LogP contribution in [0.4, 0.5) is 5.69 Å². The Labute approximate surface area is 102 Å². The van der Waals surface area contributed by atoms with Crippen LogP contribution in [0.2, 0.25) is 0 Å². The van der Waals surface area contributed by atoms with E-state index in [4.69, 9.17) is 0 Å². The number of hydrogen-bond donors (Lipinski definition) is 2. The van der Waals surface area contributed by atoms with Crippen molar-refractivity contribution in [2.24, 2.45) is 0 Å². The molecule has 0 amide bonds. The number of benzene rings is 1. The minimum Gasteiger partial charge on any atom is -0.381 e. The van der Waals surface area contributed by atoms with Crippen LogP contribution in [0.5, 0.6) is 0 Å². The van der Waals surface area contributed by atoms with Crippen LogP contribution in [-0.4, -0.2) is 24.9 Å². The van der Waals surface area contributed by atoms with Crippen molar-refractivity contribution < 1.29 is 0 Å². The highest BCUT2D eigenvalue weighted by molar-refractivity contribution is 8.00. The van der Waals surface area contributed by atoms with E-state index in [1.165, 1.54) is 16.1 Å². The quantitative estimate of drug-likeness (QED) is 0.844. The van der Waals surface area contributed by atoms with Gasteiger partial charge in [0.05, 0.1) is 0 Å². The highest BCUT2D eigenvalue weighted by Gasteiger charge is 2.24. The lowest BCUT2D eigenvalue weighted by molar-refractivity contribution is 0.665. The van der Waals surface area contributed by atoms with Crippen molar-refractivity contribution in [1.82, 2.24) is 5.32 Å². The number of anilines is 1. The third kappa shape index (κ3) is 2.36. The lowest BCUT2D eigenvalue weighted by Crippen LogP contribution is -2.38. The Hall–Kier alpha value is -0.670. The van der Waals surface area contributed by atoms with Crippen LogP contribution in [0.15, 0.2) is 23.1 Å². The van der Waals surface area contributed by atoms with Crippen LogP contribution < -0.4 is 10.6 Å². The summed E-state index contributed by atoms with van der Waals surface area (Å²) < 4.78 is 0. The van der Waals surface area contributed by atoms with Gasteiger partial charge in [0.1, 0.15) is 0 Å². The van der Waals surface area contributed by atoms with E-state index in [2.05, 4.69) is 42.7 Å². The molecule has 1 aromatic carbocycles. The molecule has 0 aromatic heterocycles. The average molecular weight is 236 g/mol. The molecule has 2 unspecified atom stereocenters. The topological polar surface area (TPSA) is 24.1 Å². The van der Waals surface area contributed by atoms with Gasteiger partial charge < -0.3 is 10.6 Å². The molecular formula is C13H20N2S. The van der Waals surface area contributed by atoms with Gasteiger partial charge in [0, 0.05) is 28.4 Å². The molecule has 0 saturated carbocycles. The van der Waals surface area contributed by atoms with Gasteiger partial charge in [-0.25, -0.2) is 0 Å². The standard InChI is InChI=1S/C13H20N2S/c1-4-10-5-6-11-12(7-10)16-13(8-14-3)9(2)15-11/h5-7,9,13-15H,4,8H2,1-3H3. The Morgan fingerprint density at radius 2 is 2.25 bits per heavy atom.